The Balaban J connectivity index is 2.02. The Morgan fingerprint density at radius 3 is 2.49 bits per heavy atom. The van der Waals surface area contributed by atoms with Crippen molar-refractivity contribution in [1.82, 2.24) is 9.97 Å². The van der Waals surface area contributed by atoms with Crippen LogP contribution in [-0.2, 0) is 14.3 Å². The normalized spacial score (nSPS) is 24.6. The summed E-state index contributed by atoms with van der Waals surface area (Å²) in [6.07, 6.45) is -5.53. The first kappa shape index (κ1) is 28.7. The maximum Gasteiger partial charge on any atom is 0.417 e. The van der Waals surface area contributed by atoms with Gasteiger partial charge in [-0.1, -0.05) is 13.0 Å². The average Bonchev–Trinajstić information content (AvgIpc) is 3.13. The Bertz CT molecular complexity index is 1100. The fourth-order valence-corrected chi connectivity index (χ4v) is 4.26. The lowest BCUT2D eigenvalue weighted by molar-refractivity contribution is -0.272. The molecule has 9 nitrogen and oxygen atoms in total. The molecule has 2 aromatic rings. The summed E-state index contributed by atoms with van der Waals surface area (Å²) in [5.74, 6) is -4.05. The lowest BCUT2D eigenvalue weighted by Gasteiger charge is -2.32. The quantitative estimate of drug-likeness (QED) is 0.333. The third kappa shape index (κ3) is 5.69. The average molecular weight is 532 g/mol. The zero-order chi connectivity index (χ0) is 27.5. The number of amides is 1. The number of benzene rings is 1. The fourth-order valence-electron chi connectivity index (χ4n) is 4.26. The molecule has 1 aliphatic heterocycles. The van der Waals surface area contributed by atoms with Crippen LogP contribution in [0.1, 0.15) is 42.8 Å². The monoisotopic (exact) mass is 531 g/mol. The van der Waals surface area contributed by atoms with Crippen LogP contribution in [0.5, 0.6) is 5.75 Å². The second-order valence-electron chi connectivity index (χ2n) is 8.91. The summed E-state index contributed by atoms with van der Waals surface area (Å²) in [5.41, 5.74) is -2.40. The third-order valence-corrected chi connectivity index (χ3v) is 6.60. The second-order valence-corrected chi connectivity index (χ2v) is 8.91. The van der Waals surface area contributed by atoms with Crippen LogP contribution in [0.4, 0.5) is 23.2 Å². The summed E-state index contributed by atoms with van der Waals surface area (Å²) >= 11 is 0. The van der Waals surface area contributed by atoms with Crippen LogP contribution in [0.25, 0.3) is 0 Å². The molecule has 1 aromatic heterocycles. The number of anilines is 1. The van der Waals surface area contributed by atoms with Gasteiger partial charge in [-0.3, -0.25) is 4.79 Å². The number of nitrogens with zero attached hydrogens (tertiary/aromatic N) is 2. The van der Waals surface area contributed by atoms with Crippen molar-refractivity contribution in [3.63, 3.8) is 0 Å². The highest BCUT2D eigenvalue weighted by atomic mass is 19.4. The van der Waals surface area contributed by atoms with Crippen LogP contribution in [0.15, 0.2) is 24.5 Å². The molecule has 0 saturated carbocycles. The van der Waals surface area contributed by atoms with Crippen molar-refractivity contribution >= 4 is 11.6 Å². The highest BCUT2D eigenvalue weighted by Crippen LogP contribution is 2.55. The Morgan fingerprint density at radius 1 is 1.27 bits per heavy atom. The van der Waals surface area contributed by atoms with E-state index in [4.69, 9.17) is 19.3 Å². The minimum absolute atomic E-state index is 0.00648. The van der Waals surface area contributed by atoms with Gasteiger partial charge in [-0.15, -0.1) is 0 Å². The van der Waals surface area contributed by atoms with Crippen LogP contribution >= 0.6 is 0 Å². The number of hydrogen-bond donors (Lipinski definition) is 3. The van der Waals surface area contributed by atoms with Crippen LogP contribution < -0.4 is 10.1 Å². The summed E-state index contributed by atoms with van der Waals surface area (Å²) in [5, 5.41) is 21.1. The van der Waals surface area contributed by atoms with Gasteiger partial charge in [0.05, 0.1) is 31.3 Å². The number of rotatable bonds is 9. The van der Waals surface area contributed by atoms with E-state index in [2.05, 4.69) is 15.3 Å². The van der Waals surface area contributed by atoms with Crippen LogP contribution in [0.3, 0.4) is 0 Å². The van der Waals surface area contributed by atoms with Gasteiger partial charge in [0, 0.05) is 30.1 Å². The molecule has 1 saturated heterocycles. The van der Waals surface area contributed by atoms with Crippen molar-refractivity contribution in [3.05, 3.63) is 47.3 Å². The van der Waals surface area contributed by atoms with Gasteiger partial charge in [-0.2, -0.15) is 13.2 Å². The molecule has 5 atom stereocenters. The van der Waals surface area contributed by atoms with Gasteiger partial charge in [0.25, 0.3) is 5.91 Å². The zero-order valence-electron chi connectivity index (χ0n) is 20.7. The lowest BCUT2D eigenvalue weighted by atomic mass is 9.76. The minimum atomic E-state index is -4.82. The van der Waals surface area contributed by atoms with Crippen molar-refractivity contribution in [1.29, 1.82) is 0 Å². The van der Waals surface area contributed by atoms with Gasteiger partial charge in [0.15, 0.2) is 11.4 Å². The highest BCUT2D eigenvalue weighted by Gasteiger charge is 2.65. The van der Waals surface area contributed by atoms with E-state index in [-0.39, 0.29) is 41.6 Å². The molecule has 3 N–H and O–H groups in total. The number of carbonyl (C=O) groups is 1. The van der Waals surface area contributed by atoms with E-state index in [1.807, 2.05) is 0 Å². The number of aliphatic hydroxyl groups excluding tert-OH is 2. The van der Waals surface area contributed by atoms with Gasteiger partial charge in [0.1, 0.15) is 30.4 Å². The molecule has 1 aliphatic rings. The zero-order valence-corrected chi connectivity index (χ0v) is 20.7. The summed E-state index contributed by atoms with van der Waals surface area (Å²) in [4.78, 5) is 20.9. The molecule has 0 aliphatic carbocycles. The Kier molecular flexibility index (Phi) is 8.73. The number of aromatic nitrogens is 2. The molecular formula is C24H29F4N3O6. The second kappa shape index (κ2) is 11.3. The summed E-state index contributed by atoms with van der Waals surface area (Å²) < 4.78 is 73.0. The maximum absolute atomic E-state index is 14.4. The van der Waals surface area contributed by atoms with Gasteiger partial charge in [-0.25, -0.2) is 14.4 Å². The van der Waals surface area contributed by atoms with Crippen molar-refractivity contribution in [2.45, 2.75) is 50.7 Å². The number of halogens is 4. The van der Waals surface area contributed by atoms with Crippen molar-refractivity contribution < 1.29 is 46.8 Å². The molecule has 0 radical (unpaired) electrons. The molecular weight excluding hydrogens is 502 g/mol. The Labute approximate surface area is 210 Å². The number of ether oxygens (including phenoxy) is 3. The molecule has 0 spiro atoms. The number of alkyl halides is 3. The molecule has 204 valence electrons. The van der Waals surface area contributed by atoms with E-state index >= 15 is 0 Å². The maximum atomic E-state index is 14.4. The molecule has 1 amide bonds. The molecule has 1 aromatic carbocycles. The van der Waals surface area contributed by atoms with Gasteiger partial charge in [0.2, 0.25) is 0 Å². The first-order chi connectivity index (χ1) is 17.4. The van der Waals surface area contributed by atoms with E-state index in [0.717, 1.165) is 25.4 Å². The fraction of sp³-hybridized carbons (Fsp3) is 0.542. The third-order valence-electron chi connectivity index (χ3n) is 6.60. The van der Waals surface area contributed by atoms with Crippen LogP contribution in [-0.4, -0.2) is 70.9 Å². The first-order valence-electron chi connectivity index (χ1n) is 11.4. The van der Waals surface area contributed by atoms with E-state index in [0.29, 0.717) is 0 Å². The predicted octanol–water partition coefficient (Wildman–Crippen LogP) is 3.05. The van der Waals surface area contributed by atoms with Gasteiger partial charge in [-0.05, 0) is 19.9 Å². The van der Waals surface area contributed by atoms with E-state index in [9.17, 15) is 27.5 Å². The number of hydrogen-bond acceptors (Lipinski definition) is 8. The standard InChI is InChI=1S/C24H29F4N3O6/c1-12-16(25)6-5-15(19(12)36-8-7-35-4)18-13(2)23(3,24(26,27)28)37-20(18)22(34)31-14-9-29-21(30-10-14)17(33)11-32/h5-6,9-10,13,17-18,20,32-33H,7-8,11H2,1-4H3,(H,31,34)/t13-,17?,18-,20-,23+/m1/s1. The van der Waals surface area contributed by atoms with E-state index in [1.54, 1.807) is 0 Å². The number of methoxy groups -OCH3 is 1. The van der Waals surface area contributed by atoms with E-state index in [1.165, 1.54) is 27.0 Å². The largest absolute Gasteiger partial charge is 0.491 e. The highest BCUT2D eigenvalue weighted by molar-refractivity contribution is 5.95. The molecule has 1 unspecified atom stereocenters. The van der Waals surface area contributed by atoms with Crippen molar-refractivity contribution in [3.8, 4) is 5.75 Å². The molecule has 2 heterocycles. The minimum Gasteiger partial charge on any atom is -0.491 e. The predicted molar refractivity (Wildman–Crippen MR) is 122 cm³/mol. The lowest BCUT2D eigenvalue weighted by Crippen LogP contribution is -2.47. The van der Waals surface area contributed by atoms with E-state index < -0.39 is 54.2 Å². The number of aliphatic hydroxyl groups is 2. The summed E-state index contributed by atoms with van der Waals surface area (Å²) in [7, 11) is 1.44. The topological polar surface area (TPSA) is 123 Å². The molecule has 13 heteroatoms. The first-order valence-corrected chi connectivity index (χ1v) is 11.4. The van der Waals surface area contributed by atoms with Gasteiger partial charge < -0.3 is 29.7 Å². The Hall–Kier alpha value is -2.87. The molecule has 37 heavy (non-hydrogen) atoms. The number of carbonyl (C=O) groups excluding carboxylic acids is 1. The number of nitrogens with one attached hydrogen (secondary N) is 1. The van der Waals surface area contributed by atoms with Crippen molar-refractivity contribution in [2.24, 2.45) is 5.92 Å². The Morgan fingerprint density at radius 2 is 1.92 bits per heavy atom. The summed E-state index contributed by atoms with van der Waals surface area (Å²) in [6.45, 7) is 3.15. The molecule has 0 bridgehead atoms. The van der Waals surface area contributed by atoms with Crippen LogP contribution in [0.2, 0.25) is 0 Å². The smallest absolute Gasteiger partial charge is 0.417 e. The summed E-state index contributed by atoms with van der Waals surface area (Å²) in [6, 6.07) is 2.41. The molecule has 1 fully saturated rings. The van der Waals surface area contributed by atoms with Crippen LogP contribution in [0, 0.1) is 18.7 Å². The van der Waals surface area contributed by atoms with Gasteiger partial charge >= 0.3 is 6.18 Å². The van der Waals surface area contributed by atoms with Crippen molar-refractivity contribution in [2.75, 3.05) is 32.2 Å². The molecule has 3 rings (SSSR count). The SMILES string of the molecule is COCCOc1c([C@H]2[C@@H](C)[C@@](C)(C(F)(F)F)O[C@H]2C(=O)Nc2cnc(C(O)CO)nc2)ccc(F)c1C.